The van der Waals surface area contributed by atoms with Crippen LogP contribution in [0, 0.1) is 56.7 Å². The van der Waals surface area contributed by atoms with E-state index in [4.69, 9.17) is 4.74 Å². The molecule has 6 fully saturated rings. The van der Waals surface area contributed by atoms with Gasteiger partial charge in [-0.05, 0) is 111 Å². The van der Waals surface area contributed by atoms with Crippen molar-refractivity contribution in [3.05, 3.63) is 0 Å². The third kappa shape index (κ3) is 2.60. The maximum absolute atomic E-state index is 12.2. The fourth-order valence-electron chi connectivity index (χ4n) is 11.5. The predicted molar refractivity (Wildman–Crippen MR) is 129 cm³/mol. The van der Waals surface area contributed by atoms with Crippen LogP contribution in [-0.4, -0.2) is 39.8 Å². The van der Waals surface area contributed by atoms with Gasteiger partial charge in [0.25, 0.3) is 0 Å². The van der Waals surface area contributed by atoms with Gasteiger partial charge in [-0.3, -0.25) is 4.79 Å². The Kier molecular flexibility index (Phi) is 4.75. The van der Waals surface area contributed by atoms with E-state index in [1.165, 1.54) is 25.7 Å². The van der Waals surface area contributed by atoms with Crippen molar-refractivity contribution >= 4 is 5.97 Å². The molecule has 5 heteroatoms. The van der Waals surface area contributed by atoms with Crippen LogP contribution in [-0.2, 0) is 9.53 Å². The van der Waals surface area contributed by atoms with Crippen molar-refractivity contribution < 1.29 is 24.9 Å². The molecule has 0 aromatic rings. The summed E-state index contributed by atoms with van der Waals surface area (Å²) in [5.41, 5.74) is 0.00397. The Morgan fingerprint density at radius 1 is 0.882 bits per heavy atom. The van der Waals surface area contributed by atoms with Crippen molar-refractivity contribution in [2.24, 2.45) is 56.7 Å². The van der Waals surface area contributed by atoms with E-state index in [-0.39, 0.29) is 27.6 Å². The molecule has 5 nitrogen and oxygen atoms in total. The largest absolute Gasteiger partial charge is 0.481 e. The molecule has 1 saturated heterocycles. The molecule has 0 amide bonds. The minimum Gasteiger partial charge on any atom is -0.481 e. The Morgan fingerprint density at radius 2 is 1.59 bits per heavy atom. The van der Waals surface area contributed by atoms with Gasteiger partial charge in [-0.15, -0.1) is 0 Å². The van der Waals surface area contributed by atoms with Crippen molar-refractivity contribution in [3.63, 3.8) is 0 Å². The van der Waals surface area contributed by atoms with E-state index in [0.717, 1.165) is 32.1 Å². The number of carboxylic acid groups (broad SMARTS) is 1. The molecule has 0 aromatic heterocycles. The van der Waals surface area contributed by atoms with E-state index >= 15 is 0 Å². The fraction of sp³-hybridized carbons (Fsp3) is 0.966. The van der Waals surface area contributed by atoms with Crippen molar-refractivity contribution in [1.82, 2.24) is 0 Å². The Balaban J connectivity index is 1.36. The quantitative estimate of drug-likeness (QED) is 0.484. The molecular formula is C29H46O5. The lowest BCUT2D eigenvalue weighted by Crippen LogP contribution is -2.67. The molecule has 2 unspecified atom stereocenters. The first-order valence-corrected chi connectivity index (χ1v) is 14.0. The Bertz CT molecular complexity index is 905. The van der Waals surface area contributed by atoms with Crippen molar-refractivity contribution in [2.75, 3.05) is 6.61 Å². The molecule has 1 aliphatic heterocycles. The van der Waals surface area contributed by atoms with Crippen LogP contribution in [0.2, 0.25) is 0 Å². The Labute approximate surface area is 205 Å². The maximum Gasteiger partial charge on any atom is 0.309 e. The van der Waals surface area contributed by atoms with Crippen LogP contribution in [0.4, 0.5) is 0 Å². The van der Waals surface area contributed by atoms with E-state index in [9.17, 15) is 20.1 Å². The second kappa shape index (κ2) is 6.81. The van der Waals surface area contributed by atoms with Gasteiger partial charge in [0, 0.05) is 11.3 Å². The van der Waals surface area contributed by atoms with Crippen molar-refractivity contribution in [3.8, 4) is 0 Å². The van der Waals surface area contributed by atoms with Crippen molar-refractivity contribution in [2.45, 2.75) is 111 Å². The van der Waals surface area contributed by atoms with Gasteiger partial charge in [0.15, 0.2) is 5.79 Å². The van der Waals surface area contributed by atoms with Crippen LogP contribution in [0.5, 0.6) is 0 Å². The number of aliphatic carboxylic acids is 1. The molecule has 1 heterocycles. The number of aliphatic hydroxyl groups excluding tert-OH is 1. The predicted octanol–water partition coefficient (Wildman–Crippen LogP) is 5.23. The van der Waals surface area contributed by atoms with E-state index in [2.05, 4.69) is 27.7 Å². The highest BCUT2D eigenvalue weighted by Gasteiger charge is 2.73. The Morgan fingerprint density at radius 3 is 2.29 bits per heavy atom. The van der Waals surface area contributed by atoms with Crippen LogP contribution >= 0.6 is 0 Å². The number of ether oxygens (including phenoxy) is 1. The van der Waals surface area contributed by atoms with E-state index in [0.29, 0.717) is 36.7 Å². The maximum atomic E-state index is 12.2. The average molecular weight is 475 g/mol. The summed E-state index contributed by atoms with van der Waals surface area (Å²) in [5.74, 6) is -0.00680. The number of hydrogen-bond acceptors (Lipinski definition) is 4. The lowest BCUT2D eigenvalue weighted by molar-refractivity contribution is -0.282. The first kappa shape index (κ1) is 23.7. The number of aliphatic hydroxyl groups is 2. The van der Waals surface area contributed by atoms with Crippen LogP contribution in [0.3, 0.4) is 0 Å². The number of carbonyl (C=O) groups is 1. The molecule has 6 rings (SSSR count). The van der Waals surface area contributed by atoms with Gasteiger partial charge < -0.3 is 20.1 Å². The molecular weight excluding hydrogens is 428 g/mol. The van der Waals surface area contributed by atoms with E-state index in [1.807, 2.05) is 6.92 Å². The molecule has 0 radical (unpaired) electrons. The summed E-state index contributed by atoms with van der Waals surface area (Å²) in [4.78, 5) is 12.2. The van der Waals surface area contributed by atoms with E-state index in [1.54, 1.807) is 0 Å². The zero-order chi connectivity index (χ0) is 24.5. The summed E-state index contributed by atoms with van der Waals surface area (Å²) in [6.07, 6.45) is 9.53. The first-order valence-electron chi connectivity index (χ1n) is 14.0. The molecule has 0 aromatic carbocycles. The highest BCUT2D eigenvalue weighted by atomic mass is 16.6. The van der Waals surface area contributed by atoms with Gasteiger partial charge in [-0.2, -0.15) is 0 Å². The molecule has 2 bridgehead atoms. The minimum atomic E-state index is -1.38. The molecule has 6 aliphatic rings. The van der Waals surface area contributed by atoms with Gasteiger partial charge in [-0.25, -0.2) is 0 Å². The molecule has 192 valence electrons. The molecule has 5 aliphatic carbocycles. The first-order chi connectivity index (χ1) is 15.8. The summed E-state index contributed by atoms with van der Waals surface area (Å²) in [6, 6.07) is 0. The number of rotatable bonds is 1. The van der Waals surface area contributed by atoms with Crippen LogP contribution in [0.1, 0.15) is 98.8 Å². The molecule has 5 saturated carbocycles. The van der Waals surface area contributed by atoms with Crippen LogP contribution in [0.15, 0.2) is 0 Å². The molecule has 12 atom stereocenters. The fourth-order valence-corrected chi connectivity index (χ4v) is 11.5. The summed E-state index contributed by atoms with van der Waals surface area (Å²) >= 11 is 0. The van der Waals surface area contributed by atoms with Gasteiger partial charge in [0.05, 0.1) is 12.0 Å². The number of hydrogen-bond donors (Lipinski definition) is 3. The summed E-state index contributed by atoms with van der Waals surface area (Å²) in [7, 11) is 0. The molecule has 1 spiro atoms. The zero-order valence-electron chi connectivity index (χ0n) is 21.9. The lowest BCUT2D eigenvalue weighted by atomic mass is 9.33. The highest BCUT2D eigenvalue weighted by molar-refractivity contribution is 5.74. The average Bonchev–Trinajstić information content (AvgIpc) is 2.95. The zero-order valence-corrected chi connectivity index (χ0v) is 21.9. The summed E-state index contributed by atoms with van der Waals surface area (Å²) in [6.45, 7) is 12.2. The van der Waals surface area contributed by atoms with Crippen LogP contribution < -0.4 is 0 Å². The number of carboxylic acids is 1. The normalized spacial score (nSPS) is 62.7. The third-order valence-corrected chi connectivity index (χ3v) is 13.9. The monoisotopic (exact) mass is 474 g/mol. The standard InChI is InChI=1S/C29H46O5/c1-17-28-9-7-20-26(4)13-12-24(2)10-11-25(3,23(31)32)15-19(24)18(26)6-8-27(20,5)21(28)14-22(30)29(17,33)34-16-28/h17-22,30,33H,6-16H2,1-5H3,(H,31,32)/t17-,18?,19-,20?,21+,22-,24-,25-,26+,27-,28+,29-/m1/s1. The Hall–Kier alpha value is -0.650. The van der Waals surface area contributed by atoms with Crippen LogP contribution in [0.25, 0.3) is 0 Å². The SMILES string of the molecule is C[C@@H]1[C@@]23CCC4[C@@]5(C)CC[C@@]6(C)CC[C@@](C)(C(=O)O)C[C@@H]6C5CC[C@@]4(C)[C@@H]2C[C@@H](O)[C@]1(O)OC3. The second-order valence-corrected chi connectivity index (χ2v) is 14.9. The smallest absolute Gasteiger partial charge is 0.309 e. The van der Waals surface area contributed by atoms with Gasteiger partial charge in [0.2, 0.25) is 0 Å². The van der Waals surface area contributed by atoms with Crippen molar-refractivity contribution in [1.29, 1.82) is 0 Å². The second-order valence-electron chi connectivity index (χ2n) is 14.9. The van der Waals surface area contributed by atoms with Gasteiger partial charge in [0.1, 0.15) is 6.10 Å². The molecule has 3 N–H and O–H groups in total. The number of fused-ring (bicyclic) bond motifs is 7. The topological polar surface area (TPSA) is 87.0 Å². The lowest BCUT2D eigenvalue weighted by Gasteiger charge is -2.71. The highest BCUT2D eigenvalue weighted by Crippen LogP contribution is 2.76. The van der Waals surface area contributed by atoms with E-state index < -0.39 is 23.3 Å². The summed E-state index contributed by atoms with van der Waals surface area (Å²) < 4.78 is 5.98. The third-order valence-electron chi connectivity index (χ3n) is 13.9. The summed E-state index contributed by atoms with van der Waals surface area (Å²) in [5, 5.41) is 32.2. The minimum absolute atomic E-state index is 0.0294. The van der Waals surface area contributed by atoms with Gasteiger partial charge in [-0.1, -0.05) is 27.7 Å². The molecule has 34 heavy (non-hydrogen) atoms. The van der Waals surface area contributed by atoms with Gasteiger partial charge >= 0.3 is 5.97 Å².